The number of hydrogen-bond donors (Lipinski definition) is 2. The summed E-state index contributed by atoms with van der Waals surface area (Å²) in [6, 6.07) is 5.33. The van der Waals surface area contributed by atoms with Gasteiger partial charge in [-0.25, -0.2) is 13.9 Å². The molecule has 2 atom stereocenters. The highest BCUT2D eigenvalue weighted by Gasteiger charge is 2.46. The Balaban J connectivity index is 1.45. The SMILES string of the molecule is CCCCS(=O)NC1CC(=O)N(C2CC(CCc3cccc(NC)n3)C2)C1=O. The zero-order valence-corrected chi connectivity index (χ0v) is 17.5. The first-order valence-corrected chi connectivity index (χ1v) is 11.5. The van der Waals surface area contributed by atoms with Gasteiger partial charge in [0.05, 0.1) is 17.4 Å². The number of aryl methyl sites for hydroxylation is 1. The van der Waals surface area contributed by atoms with Crippen molar-refractivity contribution < 1.29 is 13.8 Å². The molecule has 28 heavy (non-hydrogen) atoms. The van der Waals surface area contributed by atoms with Gasteiger partial charge in [-0.05, 0) is 50.2 Å². The van der Waals surface area contributed by atoms with E-state index in [0.29, 0.717) is 11.7 Å². The highest BCUT2D eigenvalue weighted by molar-refractivity contribution is 7.83. The summed E-state index contributed by atoms with van der Waals surface area (Å²) in [5.41, 5.74) is 1.06. The van der Waals surface area contributed by atoms with E-state index in [0.717, 1.165) is 50.0 Å². The Morgan fingerprint density at radius 3 is 2.79 bits per heavy atom. The molecule has 2 heterocycles. The number of pyridine rings is 1. The first-order valence-electron chi connectivity index (χ1n) is 10.2. The molecule has 7 nitrogen and oxygen atoms in total. The van der Waals surface area contributed by atoms with Crippen molar-refractivity contribution in [3.63, 3.8) is 0 Å². The average molecular weight is 407 g/mol. The van der Waals surface area contributed by atoms with Gasteiger partial charge in [-0.3, -0.25) is 14.5 Å². The maximum Gasteiger partial charge on any atom is 0.248 e. The van der Waals surface area contributed by atoms with Crippen molar-refractivity contribution in [2.75, 3.05) is 18.1 Å². The molecule has 0 bridgehead atoms. The molecular weight excluding hydrogens is 376 g/mol. The van der Waals surface area contributed by atoms with Crippen molar-refractivity contribution in [1.82, 2.24) is 14.6 Å². The molecule has 1 aliphatic heterocycles. The molecule has 1 saturated heterocycles. The van der Waals surface area contributed by atoms with Crippen LogP contribution in [0, 0.1) is 5.92 Å². The van der Waals surface area contributed by atoms with Crippen LogP contribution in [0.25, 0.3) is 0 Å². The number of nitrogens with one attached hydrogen (secondary N) is 2. The van der Waals surface area contributed by atoms with Crippen molar-refractivity contribution in [3.8, 4) is 0 Å². The van der Waals surface area contributed by atoms with Crippen LogP contribution in [0.3, 0.4) is 0 Å². The summed E-state index contributed by atoms with van der Waals surface area (Å²) in [6.07, 6.45) is 5.54. The van der Waals surface area contributed by atoms with Crippen LogP contribution in [0.15, 0.2) is 18.2 Å². The summed E-state index contributed by atoms with van der Waals surface area (Å²) in [5.74, 6) is 1.55. The van der Waals surface area contributed by atoms with Gasteiger partial charge in [-0.1, -0.05) is 19.4 Å². The third-order valence-corrected chi connectivity index (χ3v) is 6.79. The quantitative estimate of drug-likeness (QED) is 0.580. The lowest BCUT2D eigenvalue weighted by molar-refractivity contribution is -0.144. The van der Waals surface area contributed by atoms with Crippen LogP contribution < -0.4 is 10.0 Å². The van der Waals surface area contributed by atoms with E-state index in [1.54, 1.807) is 0 Å². The zero-order chi connectivity index (χ0) is 20.1. The lowest BCUT2D eigenvalue weighted by atomic mass is 9.76. The van der Waals surface area contributed by atoms with E-state index in [4.69, 9.17) is 0 Å². The molecule has 1 aromatic heterocycles. The van der Waals surface area contributed by atoms with Crippen molar-refractivity contribution in [3.05, 3.63) is 23.9 Å². The molecule has 2 unspecified atom stereocenters. The van der Waals surface area contributed by atoms with Crippen LogP contribution >= 0.6 is 0 Å². The number of unbranched alkanes of at least 4 members (excludes halogenated alkanes) is 1. The highest BCUT2D eigenvalue weighted by atomic mass is 32.2. The van der Waals surface area contributed by atoms with Gasteiger partial charge in [0.2, 0.25) is 11.8 Å². The first kappa shape index (κ1) is 20.9. The van der Waals surface area contributed by atoms with E-state index >= 15 is 0 Å². The smallest absolute Gasteiger partial charge is 0.248 e. The van der Waals surface area contributed by atoms with Gasteiger partial charge >= 0.3 is 0 Å². The average Bonchev–Trinajstić information content (AvgIpc) is 2.92. The Labute approximate surface area is 169 Å². The predicted molar refractivity (Wildman–Crippen MR) is 110 cm³/mol. The lowest BCUT2D eigenvalue weighted by Gasteiger charge is -2.40. The maximum atomic E-state index is 12.6. The largest absolute Gasteiger partial charge is 0.373 e. The number of hydrogen-bond acceptors (Lipinski definition) is 5. The van der Waals surface area contributed by atoms with Crippen LogP contribution in [0.4, 0.5) is 5.82 Å². The molecule has 1 aromatic rings. The minimum atomic E-state index is -1.25. The summed E-state index contributed by atoms with van der Waals surface area (Å²) in [5, 5.41) is 3.05. The molecule has 2 fully saturated rings. The van der Waals surface area contributed by atoms with E-state index in [9.17, 15) is 13.8 Å². The van der Waals surface area contributed by atoms with E-state index in [1.807, 2.05) is 32.2 Å². The second-order valence-corrected chi connectivity index (χ2v) is 9.01. The fraction of sp³-hybridized carbons (Fsp3) is 0.650. The fourth-order valence-corrected chi connectivity index (χ4v) is 5.05. The number of likely N-dealkylation sites (tertiary alicyclic amines) is 1. The Kier molecular flexibility index (Phi) is 7.18. The van der Waals surface area contributed by atoms with E-state index in [-0.39, 0.29) is 24.3 Å². The summed E-state index contributed by atoms with van der Waals surface area (Å²) in [6.45, 7) is 2.03. The minimum Gasteiger partial charge on any atom is -0.373 e. The molecular formula is C20H30N4O3S. The van der Waals surface area contributed by atoms with Crippen LogP contribution in [-0.4, -0.2) is 50.8 Å². The maximum absolute atomic E-state index is 12.6. The summed E-state index contributed by atoms with van der Waals surface area (Å²) < 4.78 is 14.8. The van der Waals surface area contributed by atoms with Crippen LogP contribution in [0.2, 0.25) is 0 Å². The van der Waals surface area contributed by atoms with Crippen LogP contribution in [0.5, 0.6) is 0 Å². The number of rotatable bonds is 10. The third-order valence-electron chi connectivity index (χ3n) is 5.59. The van der Waals surface area contributed by atoms with Gasteiger partial charge in [0, 0.05) is 24.5 Å². The van der Waals surface area contributed by atoms with Gasteiger partial charge in [0.15, 0.2) is 0 Å². The number of amides is 2. The van der Waals surface area contributed by atoms with Crippen molar-refractivity contribution in [2.24, 2.45) is 5.92 Å². The van der Waals surface area contributed by atoms with Gasteiger partial charge in [-0.2, -0.15) is 0 Å². The monoisotopic (exact) mass is 406 g/mol. The second kappa shape index (κ2) is 9.60. The molecule has 1 aliphatic carbocycles. The molecule has 3 rings (SSSR count). The highest BCUT2D eigenvalue weighted by Crippen LogP contribution is 2.37. The van der Waals surface area contributed by atoms with Gasteiger partial charge < -0.3 is 5.32 Å². The van der Waals surface area contributed by atoms with Crippen molar-refractivity contribution >= 4 is 28.6 Å². The Morgan fingerprint density at radius 1 is 1.29 bits per heavy atom. The fourth-order valence-electron chi connectivity index (χ4n) is 3.88. The Bertz CT molecular complexity index is 736. The first-order chi connectivity index (χ1) is 13.5. The van der Waals surface area contributed by atoms with Crippen LogP contribution in [-0.2, 0) is 27.0 Å². The third kappa shape index (κ3) is 4.97. The molecule has 0 spiro atoms. The molecule has 0 radical (unpaired) electrons. The van der Waals surface area contributed by atoms with Gasteiger partial charge in [0.25, 0.3) is 0 Å². The molecule has 2 N–H and O–H groups in total. The molecule has 1 saturated carbocycles. The number of carbonyl (C=O) groups excluding carboxylic acids is 2. The van der Waals surface area contributed by atoms with E-state index in [1.165, 1.54) is 4.90 Å². The van der Waals surface area contributed by atoms with Crippen molar-refractivity contribution in [1.29, 1.82) is 0 Å². The van der Waals surface area contributed by atoms with Gasteiger partial charge in [-0.15, -0.1) is 0 Å². The van der Waals surface area contributed by atoms with Crippen molar-refractivity contribution in [2.45, 2.75) is 64.0 Å². The van der Waals surface area contributed by atoms with E-state index in [2.05, 4.69) is 15.0 Å². The predicted octanol–water partition coefficient (Wildman–Crippen LogP) is 2.02. The topological polar surface area (TPSA) is 91.4 Å². The number of carbonyl (C=O) groups is 2. The molecule has 2 aliphatic rings. The number of anilines is 1. The summed E-state index contributed by atoms with van der Waals surface area (Å²) in [4.78, 5) is 30.9. The molecule has 8 heteroatoms. The molecule has 0 aromatic carbocycles. The normalized spacial score (nSPS) is 25.6. The second-order valence-electron chi connectivity index (χ2n) is 7.67. The Hall–Kier alpha value is -1.80. The standard InChI is InChI=1S/C20H30N4O3S/c1-3-4-10-28(27)23-17-13-19(25)24(20(17)26)16-11-14(12-16)8-9-15-6-5-7-18(21-2)22-15/h5-7,14,16-17,23H,3-4,8-13H2,1-2H3,(H,21,22). The Morgan fingerprint density at radius 2 is 2.07 bits per heavy atom. The van der Waals surface area contributed by atoms with Crippen LogP contribution in [0.1, 0.15) is 51.1 Å². The summed E-state index contributed by atoms with van der Waals surface area (Å²) in [7, 11) is 0.602. The number of imide groups is 1. The van der Waals surface area contributed by atoms with Gasteiger partial charge in [0.1, 0.15) is 11.9 Å². The molecule has 154 valence electrons. The lowest BCUT2D eigenvalue weighted by Crippen LogP contribution is -2.50. The number of nitrogens with zero attached hydrogens (tertiary/aromatic N) is 2. The minimum absolute atomic E-state index is 0.00233. The molecule has 2 amide bonds. The zero-order valence-electron chi connectivity index (χ0n) is 16.6. The number of aromatic nitrogens is 1. The van der Waals surface area contributed by atoms with E-state index < -0.39 is 17.0 Å². The summed E-state index contributed by atoms with van der Waals surface area (Å²) >= 11 is 0.